The lowest BCUT2D eigenvalue weighted by molar-refractivity contribution is -0.0498. The van der Waals surface area contributed by atoms with Gasteiger partial charge in [0.05, 0.1) is 6.04 Å². The van der Waals surface area contributed by atoms with Gasteiger partial charge < -0.3 is 9.64 Å². The maximum absolute atomic E-state index is 13.1. The molecule has 0 saturated heterocycles. The first-order valence-corrected chi connectivity index (χ1v) is 9.85. The second kappa shape index (κ2) is 7.17. The van der Waals surface area contributed by atoms with Crippen molar-refractivity contribution in [3.05, 3.63) is 74.1 Å². The molecule has 134 valence electrons. The number of alkyl halides is 2. The number of thiophene rings is 2. The van der Waals surface area contributed by atoms with Crippen molar-refractivity contribution in [3.8, 4) is 5.75 Å². The third kappa shape index (κ3) is 3.24. The Balaban J connectivity index is 1.64. The van der Waals surface area contributed by atoms with Gasteiger partial charge in [-0.25, -0.2) is 0 Å². The Morgan fingerprint density at radius 2 is 1.92 bits per heavy atom. The van der Waals surface area contributed by atoms with Crippen molar-refractivity contribution in [2.75, 3.05) is 6.54 Å². The molecule has 0 spiro atoms. The van der Waals surface area contributed by atoms with Crippen molar-refractivity contribution in [2.45, 2.75) is 19.1 Å². The van der Waals surface area contributed by atoms with E-state index < -0.39 is 6.61 Å². The zero-order valence-corrected chi connectivity index (χ0v) is 15.2. The zero-order valence-electron chi connectivity index (χ0n) is 13.6. The van der Waals surface area contributed by atoms with Crippen molar-refractivity contribution in [2.24, 2.45) is 0 Å². The summed E-state index contributed by atoms with van der Waals surface area (Å²) in [6.45, 7) is -2.25. The number of carbonyl (C=O) groups excluding carboxylic acids is 1. The van der Waals surface area contributed by atoms with E-state index in [9.17, 15) is 13.6 Å². The van der Waals surface area contributed by atoms with Crippen LogP contribution in [0.4, 0.5) is 8.78 Å². The topological polar surface area (TPSA) is 29.5 Å². The molecular formula is C19H15F2NO2S2. The smallest absolute Gasteiger partial charge is 0.387 e. The minimum absolute atomic E-state index is 0.0464. The van der Waals surface area contributed by atoms with Gasteiger partial charge in [0.1, 0.15) is 5.75 Å². The first-order valence-electron chi connectivity index (χ1n) is 8.09. The van der Waals surface area contributed by atoms with Crippen LogP contribution < -0.4 is 4.74 Å². The van der Waals surface area contributed by atoms with E-state index in [0.29, 0.717) is 12.1 Å². The highest BCUT2D eigenvalue weighted by Crippen LogP contribution is 2.40. The predicted molar refractivity (Wildman–Crippen MR) is 98.3 cm³/mol. The Kier molecular flexibility index (Phi) is 4.74. The molecule has 0 bridgehead atoms. The van der Waals surface area contributed by atoms with Crippen molar-refractivity contribution >= 4 is 28.6 Å². The molecule has 0 aliphatic carbocycles. The van der Waals surface area contributed by atoms with E-state index in [1.165, 1.54) is 34.7 Å². The third-order valence-electron chi connectivity index (χ3n) is 4.37. The summed E-state index contributed by atoms with van der Waals surface area (Å²) in [6.07, 6.45) is 0.827. The Bertz CT molecular complexity index is 891. The molecule has 4 rings (SSSR count). The van der Waals surface area contributed by atoms with E-state index >= 15 is 0 Å². The SMILES string of the molecule is O=C(c1ccc(OC(F)F)cc1)N1CCc2sccc2C1c1cccs1. The number of halogens is 2. The van der Waals surface area contributed by atoms with Gasteiger partial charge in [0.25, 0.3) is 5.91 Å². The lowest BCUT2D eigenvalue weighted by Crippen LogP contribution is -2.39. The van der Waals surface area contributed by atoms with Crippen LogP contribution >= 0.6 is 22.7 Å². The summed E-state index contributed by atoms with van der Waals surface area (Å²) in [6, 6.07) is 11.9. The van der Waals surface area contributed by atoms with E-state index in [1.807, 2.05) is 22.4 Å². The molecule has 0 radical (unpaired) electrons. The van der Waals surface area contributed by atoms with Gasteiger partial charge in [0.15, 0.2) is 0 Å². The maximum Gasteiger partial charge on any atom is 0.387 e. The number of hydrogen-bond acceptors (Lipinski definition) is 4. The molecule has 0 saturated carbocycles. The van der Waals surface area contributed by atoms with Crippen molar-refractivity contribution in [3.63, 3.8) is 0 Å². The van der Waals surface area contributed by atoms with Crippen molar-refractivity contribution in [1.82, 2.24) is 4.90 Å². The fourth-order valence-corrected chi connectivity index (χ4v) is 4.99. The van der Waals surface area contributed by atoms with Crippen LogP contribution in [0.5, 0.6) is 5.75 Å². The van der Waals surface area contributed by atoms with Crippen molar-refractivity contribution in [1.29, 1.82) is 0 Å². The lowest BCUT2D eigenvalue weighted by Gasteiger charge is -2.35. The highest BCUT2D eigenvalue weighted by atomic mass is 32.1. The molecule has 1 aliphatic rings. The fourth-order valence-electron chi connectivity index (χ4n) is 3.23. The predicted octanol–water partition coefficient (Wildman–Crippen LogP) is 5.20. The average molecular weight is 391 g/mol. The van der Waals surface area contributed by atoms with Gasteiger partial charge in [-0.1, -0.05) is 6.07 Å². The first-order chi connectivity index (χ1) is 12.6. The number of ether oxygens (including phenoxy) is 1. The second-order valence-electron chi connectivity index (χ2n) is 5.87. The summed E-state index contributed by atoms with van der Waals surface area (Å²) in [5, 5.41) is 4.07. The molecule has 0 fully saturated rings. The van der Waals surface area contributed by atoms with E-state index in [1.54, 1.807) is 22.7 Å². The zero-order chi connectivity index (χ0) is 18.1. The Labute approximate surface area is 157 Å². The van der Waals surface area contributed by atoms with Crippen LogP contribution in [-0.4, -0.2) is 24.0 Å². The van der Waals surface area contributed by atoms with Gasteiger partial charge in [-0.2, -0.15) is 8.78 Å². The highest BCUT2D eigenvalue weighted by molar-refractivity contribution is 7.10. The number of fused-ring (bicyclic) bond motifs is 1. The molecule has 1 unspecified atom stereocenters. The van der Waals surface area contributed by atoms with Crippen LogP contribution in [-0.2, 0) is 6.42 Å². The molecule has 3 aromatic rings. The van der Waals surface area contributed by atoms with Gasteiger partial charge in [0, 0.05) is 21.9 Å². The molecule has 3 heterocycles. The van der Waals surface area contributed by atoms with Gasteiger partial charge in [0.2, 0.25) is 0 Å². The van der Waals surface area contributed by atoms with Crippen LogP contribution in [0, 0.1) is 0 Å². The fraction of sp³-hybridized carbons (Fsp3) is 0.211. The van der Waals surface area contributed by atoms with Crippen LogP contribution in [0.2, 0.25) is 0 Å². The maximum atomic E-state index is 13.1. The molecule has 1 atom stereocenters. The molecule has 2 aromatic heterocycles. The van der Waals surface area contributed by atoms with Crippen LogP contribution in [0.25, 0.3) is 0 Å². The van der Waals surface area contributed by atoms with Gasteiger partial charge in [-0.15, -0.1) is 22.7 Å². The number of benzene rings is 1. The number of carbonyl (C=O) groups is 1. The third-order valence-corrected chi connectivity index (χ3v) is 6.29. The highest BCUT2D eigenvalue weighted by Gasteiger charge is 2.33. The monoisotopic (exact) mass is 391 g/mol. The molecular weight excluding hydrogens is 376 g/mol. The average Bonchev–Trinajstić information content (AvgIpc) is 3.32. The second-order valence-corrected chi connectivity index (χ2v) is 7.85. The first kappa shape index (κ1) is 17.2. The minimum atomic E-state index is -2.88. The Hall–Kier alpha value is -2.25. The summed E-state index contributed by atoms with van der Waals surface area (Å²) >= 11 is 3.35. The molecule has 0 N–H and O–H groups in total. The van der Waals surface area contributed by atoms with E-state index in [2.05, 4.69) is 16.2 Å². The summed E-state index contributed by atoms with van der Waals surface area (Å²) in [5.74, 6) is -0.0611. The summed E-state index contributed by atoms with van der Waals surface area (Å²) in [5.41, 5.74) is 1.64. The molecule has 26 heavy (non-hydrogen) atoms. The van der Waals surface area contributed by atoms with Crippen molar-refractivity contribution < 1.29 is 18.3 Å². The van der Waals surface area contributed by atoms with E-state index in [0.717, 1.165) is 11.3 Å². The summed E-state index contributed by atoms with van der Waals surface area (Å²) in [4.78, 5) is 17.4. The van der Waals surface area contributed by atoms with E-state index in [4.69, 9.17) is 0 Å². The summed E-state index contributed by atoms with van der Waals surface area (Å²) in [7, 11) is 0. The normalized spacial score (nSPS) is 16.6. The largest absolute Gasteiger partial charge is 0.435 e. The van der Waals surface area contributed by atoms with Gasteiger partial charge in [-0.05, 0) is 59.1 Å². The van der Waals surface area contributed by atoms with Crippen LogP contribution in [0.1, 0.15) is 31.7 Å². The standard InChI is InChI=1S/C19H15F2NO2S2/c20-19(21)24-13-5-3-12(4-6-13)18(23)22-9-7-15-14(8-11-26-15)17(22)16-2-1-10-25-16/h1-6,8,10-11,17,19H,7,9H2. The minimum Gasteiger partial charge on any atom is -0.435 e. The number of amides is 1. The van der Waals surface area contributed by atoms with Crippen LogP contribution in [0.15, 0.2) is 53.2 Å². The molecule has 1 aliphatic heterocycles. The van der Waals surface area contributed by atoms with Gasteiger partial charge in [-0.3, -0.25) is 4.79 Å². The molecule has 1 aromatic carbocycles. The lowest BCUT2D eigenvalue weighted by atomic mass is 9.97. The number of nitrogens with zero attached hydrogens (tertiary/aromatic N) is 1. The Morgan fingerprint density at radius 3 is 2.62 bits per heavy atom. The molecule has 3 nitrogen and oxygen atoms in total. The number of rotatable bonds is 4. The number of hydrogen-bond donors (Lipinski definition) is 0. The quantitative estimate of drug-likeness (QED) is 0.612. The van der Waals surface area contributed by atoms with E-state index in [-0.39, 0.29) is 17.7 Å². The van der Waals surface area contributed by atoms with Crippen LogP contribution in [0.3, 0.4) is 0 Å². The summed E-state index contributed by atoms with van der Waals surface area (Å²) < 4.78 is 28.9. The Morgan fingerprint density at radius 1 is 1.12 bits per heavy atom. The molecule has 1 amide bonds. The van der Waals surface area contributed by atoms with Gasteiger partial charge >= 0.3 is 6.61 Å². The molecule has 7 heteroatoms.